The van der Waals surface area contributed by atoms with Gasteiger partial charge in [-0.05, 0) is 30.2 Å². The van der Waals surface area contributed by atoms with E-state index in [2.05, 4.69) is 4.74 Å². The number of alkyl halides is 3. The number of β-amino-alcohol motifs (C(OH)–C–C–N with tert-alkyl or cyclic N) is 1. The average Bonchev–Trinajstić information content (AvgIpc) is 3.15. The number of aliphatic hydroxyl groups excluding tert-OH is 1. The molecule has 35 heavy (non-hydrogen) atoms. The van der Waals surface area contributed by atoms with Gasteiger partial charge < -0.3 is 9.84 Å². The molecule has 2 aromatic rings. The number of rotatable bonds is 5. The van der Waals surface area contributed by atoms with Gasteiger partial charge >= 0.3 is 6.36 Å². The predicted molar refractivity (Wildman–Crippen MR) is 114 cm³/mol. The Morgan fingerprint density at radius 1 is 1.06 bits per heavy atom. The number of aliphatic hydroxyl groups is 1. The van der Waals surface area contributed by atoms with Gasteiger partial charge in [0.15, 0.2) is 0 Å². The summed E-state index contributed by atoms with van der Waals surface area (Å²) < 4.78 is 55.9. The Balaban J connectivity index is 1.35. The fourth-order valence-electron chi connectivity index (χ4n) is 5.34. The molecule has 2 amide bonds. The minimum atomic E-state index is -4.80. The highest BCUT2D eigenvalue weighted by atomic mass is 19.4. The second-order valence-corrected chi connectivity index (χ2v) is 9.25. The molecule has 1 N–H and O–H groups in total. The monoisotopic (exact) mass is 493 g/mol. The molecule has 186 valence electrons. The summed E-state index contributed by atoms with van der Waals surface area (Å²) in [6.45, 7) is 0.676. The number of imide groups is 1. The summed E-state index contributed by atoms with van der Waals surface area (Å²) in [5.74, 6) is -1.77. The second-order valence-electron chi connectivity index (χ2n) is 9.25. The third kappa shape index (κ3) is 4.39. The van der Waals surface area contributed by atoms with Crippen LogP contribution in [0.25, 0.3) is 0 Å². The molecule has 3 saturated heterocycles. The summed E-state index contributed by atoms with van der Waals surface area (Å²) in [6, 6.07) is 10.8. The van der Waals surface area contributed by atoms with E-state index in [0.717, 1.165) is 4.90 Å². The smallest absolute Gasteiger partial charge is 0.406 e. The van der Waals surface area contributed by atoms with E-state index in [0.29, 0.717) is 5.56 Å². The van der Waals surface area contributed by atoms with Crippen LogP contribution in [-0.2, 0) is 22.7 Å². The van der Waals surface area contributed by atoms with Crippen molar-refractivity contribution >= 4 is 11.8 Å². The molecule has 0 radical (unpaired) electrons. The van der Waals surface area contributed by atoms with Crippen molar-refractivity contribution in [1.82, 2.24) is 14.7 Å². The van der Waals surface area contributed by atoms with Crippen LogP contribution < -0.4 is 4.74 Å². The van der Waals surface area contributed by atoms with Gasteiger partial charge in [-0.3, -0.25) is 24.3 Å². The number of carbonyl (C=O) groups is 2. The summed E-state index contributed by atoms with van der Waals surface area (Å²) in [5.41, 5.74) is -0.280. The number of halogens is 4. The van der Waals surface area contributed by atoms with Gasteiger partial charge in [0.2, 0.25) is 5.91 Å². The quantitative estimate of drug-likeness (QED) is 0.509. The van der Waals surface area contributed by atoms with Crippen molar-refractivity contribution in [3.63, 3.8) is 0 Å². The van der Waals surface area contributed by atoms with E-state index in [-0.39, 0.29) is 50.5 Å². The lowest BCUT2D eigenvalue weighted by Crippen LogP contribution is -2.81. The summed E-state index contributed by atoms with van der Waals surface area (Å²) in [6.07, 6.45) is -5.39. The molecule has 3 aliphatic rings. The molecule has 2 aromatic carbocycles. The standard InChI is InChI=1S/C24H23F4N3O4/c25-19-7-2-1-5-16(19)11-30-21(33)20-9-17(32)12-31(20)23(22(30)34)13-29(14-23)10-15-4-3-6-18(8-15)35-24(26,27)28/h1-8,17,20,32H,9-14H2. The largest absolute Gasteiger partial charge is 0.573 e. The Bertz CT molecular complexity index is 1150. The topological polar surface area (TPSA) is 73.3 Å². The van der Waals surface area contributed by atoms with Crippen LogP contribution in [-0.4, -0.2) is 75.3 Å². The van der Waals surface area contributed by atoms with E-state index in [1.165, 1.54) is 36.4 Å². The van der Waals surface area contributed by atoms with Gasteiger partial charge in [-0.15, -0.1) is 13.2 Å². The zero-order valence-electron chi connectivity index (χ0n) is 18.5. The van der Waals surface area contributed by atoms with E-state index >= 15 is 0 Å². The number of amides is 2. The molecule has 0 aromatic heterocycles. The van der Waals surface area contributed by atoms with Crippen molar-refractivity contribution in [1.29, 1.82) is 0 Å². The molecule has 11 heteroatoms. The number of ether oxygens (including phenoxy) is 1. The van der Waals surface area contributed by atoms with Crippen molar-refractivity contribution in [2.45, 2.75) is 43.6 Å². The number of nitrogens with zero attached hydrogens (tertiary/aromatic N) is 3. The molecule has 1 spiro atoms. The van der Waals surface area contributed by atoms with E-state index in [1.54, 1.807) is 17.0 Å². The van der Waals surface area contributed by atoms with Crippen molar-refractivity contribution in [3.05, 3.63) is 65.5 Å². The Labute approximate surface area is 198 Å². The van der Waals surface area contributed by atoms with Crippen molar-refractivity contribution in [2.24, 2.45) is 0 Å². The number of carbonyl (C=O) groups excluding carboxylic acids is 2. The normalized spacial score (nSPS) is 24.5. The highest BCUT2D eigenvalue weighted by molar-refractivity contribution is 6.06. The number of hydrogen-bond acceptors (Lipinski definition) is 6. The maximum Gasteiger partial charge on any atom is 0.573 e. The third-order valence-corrected chi connectivity index (χ3v) is 6.82. The van der Waals surface area contributed by atoms with Gasteiger partial charge in [-0.1, -0.05) is 30.3 Å². The molecule has 0 saturated carbocycles. The van der Waals surface area contributed by atoms with Crippen molar-refractivity contribution < 1.29 is 37.0 Å². The van der Waals surface area contributed by atoms with Crippen LogP contribution in [0, 0.1) is 5.82 Å². The summed E-state index contributed by atoms with van der Waals surface area (Å²) in [7, 11) is 0. The van der Waals surface area contributed by atoms with Crippen LogP contribution in [0.2, 0.25) is 0 Å². The Hall–Kier alpha value is -3.02. The maximum absolute atomic E-state index is 14.3. The summed E-state index contributed by atoms with van der Waals surface area (Å²) >= 11 is 0. The molecule has 0 aliphatic carbocycles. The average molecular weight is 493 g/mol. The molecule has 7 nitrogen and oxygen atoms in total. The number of hydrogen-bond donors (Lipinski definition) is 1. The van der Waals surface area contributed by atoms with Crippen LogP contribution in [0.1, 0.15) is 17.5 Å². The zero-order valence-corrected chi connectivity index (χ0v) is 18.5. The van der Waals surface area contributed by atoms with Crippen molar-refractivity contribution in [3.8, 4) is 5.75 Å². The van der Waals surface area contributed by atoms with Gasteiger partial charge in [0, 0.05) is 31.7 Å². The molecule has 2 atom stereocenters. The number of benzene rings is 2. The SMILES string of the molecule is O=C1C2CC(O)CN2C2(CN(Cc3cccc(OC(F)(F)F)c3)C2)C(=O)N1Cc1ccccc1F. The van der Waals surface area contributed by atoms with Crippen LogP contribution in [0.3, 0.4) is 0 Å². The van der Waals surface area contributed by atoms with E-state index < -0.39 is 41.7 Å². The Kier molecular flexibility index (Phi) is 5.81. The number of piperazine rings is 1. The van der Waals surface area contributed by atoms with Crippen LogP contribution in [0.15, 0.2) is 48.5 Å². The van der Waals surface area contributed by atoms with E-state index in [9.17, 15) is 32.3 Å². The molecule has 2 unspecified atom stereocenters. The molecule has 5 rings (SSSR count). The molecule has 3 aliphatic heterocycles. The molecule has 3 fully saturated rings. The first kappa shape index (κ1) is 23.7. The summed E-state index contributed by atoms with van der Waals surface area (Å²) in [5, 5.41) is 10.3. The van der Waals surface area contributed by atoms with E-state index in [4.69, 9.17) is 0 Å². The third-order valence-electron chi connectivity index (χ3n) is 6.82. The second kappa shape index (κ2) is 8.58. The fraction of sp³-hybridized carbons (Fsp3) is 0.417. The fourth-order valence-corrected chi connectivity index (χ4v) is 5.34. The maximum atomic E-state index is 14.3. The molecule has 0 bridgehead atoms. The first-order valence-electron chi connectivity index (χ1n) is 11.2. The van der Waals surface area contributed by atoms with Gasteiger partial charge in [0.05, 0.1) is 18.7 Å². The first-order chi connectivity index (χ1) is 16.6. The van der Waals surface area contributed by atoms with Gasteiger partial charge in [0.1, 0.15) is 17.1 Å². The lowest BCUT2D eigenvalue weighted by molar-refractivity contribution is -0.274. The lowest BCUT2D eigenvalue weighted by atomic mass is 9.82. The highest BCUT2D eigenvalue weighted by Crippen LogP contribution is 2.41. The lowest BCUT2D eigenvalue weighted by Gasteiger charge is -2.58. The first-order valence-corrected chi connectivity index (χ1v) is 11.2. The predicted octanol–water partition coefficient (Wildman–Crippen LogP) is 2.28. The molecular weight excluding hydrogens is 470 g/mol. The minimum Gasteiger partial charge on any atom is -0.406 e. The van der Waals surface area contributed by atoms with E-state index in [1.807, 2.05) is 4.90 Å². The summed E-state index contributed by atoms with van der Waals surface area (Å²) in [4.78, 5) is 31.4. The number of fused-ring (bicyclic) bond motifs is 2. The van der Waals surface area contributed by atoms with Crippen LogP contribution in [0.4, 0.5) is 17.6 Å². The van der Waals surface area contributed by atoms with Crippen molar-refractivity contribution in [2.75, 3.05) is 19.6 Å². The van der Waals surface area contributed by atoms with Gasteiger partial charge in [-0.2, -0.15) is 0 Å². The van der Waals surface area contributed by atoms with Crippen LogP contribution in [0.5, 0.6) is 5.75 Å². The molecular formula is C24H23F4N3O4. The van der Waals surface area contributed by atoms with Crippen LogP contribution >= 0.6 is 0 Å². The minimum absolute atomic E-state index is 0.165. The van der Waals surface area contributed by atoms with Gasteiger partial charge in [-0.25, -0.2) is 4.39 Å². The Morgan fingerprint density at radius 3 is 2.51 bits per heavy atom. The number of likely N-dealkylation sites (tertiary alicyclic amines) is 1. The zero-order chi connectivity index (χ0) is 25.0. The Morgan fingerprint density at radius 2 is 1.80 bits per heavy atom. The van der Waals surface area contributed by atoms with Gasteiger partial charge in [0.25, 0.3) is 5.91 Å². The highest BCUT2D eigenvalue weighted by Gasteiger charge is 2.64. The molecule has 3 heterocycles.